The molecular weight excluding hydrogens is 660 g/mol. The maximum absolute atomic E-state index is 13.0. The number of nitrogens with zero attached hydrogens (tertiary/aromatic N) is 3. The Balaban J connectivity index is 1.12. The van der Waals surface area contributed by atoms with Crippen molar-refractivity contribution in [3.63, 3.8) is 0 Å². The molecule has 1 saturated heterocycles. The van der Waals surface area contributed by atoms with E-state index in [4.69, 9.17) is 21.1 Å². The number of hydrogen-bond donors (Lipinski definition) is 2. The molecule has 2 heterocycles. The van der Waals surface area contributed by atoms with Gasteiger partial charge in [-0.3, -0.25) is 9.88 Å². The van der Waals surface area contributed by atoms with Crippen LogP contribution in [0.15, 0.2) is 54.7 Å². The van der Waals surface area contributed by atoms with Crippen LogP contribution in [0.3, 0.4) is 0 Å². The minimum absolute atomic E-state index is 0.135. The average Bonchev–Trinajstić information content (AvgIpc) is 3.40. The molecule has 3 aromatic rings. The molecular formula is C42H55ClN4O4. The molecule has 1 aromatic heterocycles. The fraction of sp³-hybridized carbons (Fsp3) is 0.571. The van der Waals surface area contributed by atoms with E-state index in [1.807, 2.05) is 36.5 Å². The van der Waals surface area contributed by atoms with Gasteiger partial charge in [-0.25, -0.2) is 4.79 Å². The molecule has 274 valence electrons. The van der Waals surface area contributed by atoms with Gasteiger partial charge in [0.05, 0.1) is 12.6 Å². The van der Waals surface area contributed by atoms with Crippen molar-refractivity contribution in [1.29, 1.82) is 0 Å². The van der Waals surface area contributed by atoms with Crippen molar-refractivity contribution in [3.05, 3.63) is 82.1 Å². The van der Waals surface area contributed by atoms with Crippen LogP contribution in [0.5, 0.6) is 11.5 Å². The molecule has 1 aliphatic heterocycles. The number of carboxylic acid groups (broad SMARTS) is 1. The van der Waals surface area contributed by atoms with Crippen LogP contribution in [0.1, 0.15) is 87.1 Å². The number of carbonyl (C=O) groups is 1. The molecule has 0 bridgehead atoms. The number of benzene rings is 2. The number of piperazine rings is 1. The average molecular weight is 715 g/mol. The molecule has 4 aliphatic rings. The van der Waals surface area contributed by atoms with Crippen LogP contribution < -0.4 is 14.8 Å². The molecule has 0 radical (unpaired) electrons. The first-order chi connectivity index (χ1) is 24.5. The number of rotatable bonds is 11. The highest BCUT2D eigenvalue weighted by Gasteiger charge is 2.54. The zero-order valence-corrected chi connectivity index (χ0v) is 31.6. The largest absolute Gasteiger partial charge is 0.493 e. The summed E-state index contributed by atoms with van der Waals surface area (Å²) in [6.45, 7) is 9.01. The van der Waals surface area contributed by atoms with Crippen molar-refractivity contribution < 1.29 is 19.4 Å². The van der Waals surface area contributed by atoms with Gasteiger partial charge in [-0.2, -0.15) is 0 Å². The Hall–Kier alpha value is -3.33. The number of likely N-dealkylation sites (N-methyl/N-ethyl adjacent to an activating group) is 2. The van der Waals surface area contributed by atoms with E-state index in [2.05, 4.69) is 66.2 Å². The predicted octanol–water partition coefficient (Wildman–Crippen LogP) is 7.82. The van der Waals surface area contributed by atoms with Gasteiger partial charge in [-0.15, -0.1) is 0 Å². The topological polar surface area (TPSA) is 87.2 Å². The maximum Gasteiger partial charge on any atom is 0.329 e. The predicted molar refractivity (Wildman–Crippen MR) is 203 cm³/mol. The van der Waals surface area contributed by atoms with Crippen molar-refractivity contribution in [2.24, 2.45) is 11.8 Å². The van der Waals surface area contributed by atoms with E-state index in [9.17, 15) is 9.90 Å². The summed E-state index contributed by atoms with van der Waals surface area (Å²) in [4.78, 5) is 22.5. The summed E-state index contributed by atoms with van der Waals surface area (Å²) in [5, 5.41) is 14.7. The first-order valence-corrected chi connectivity index (χ1v) is 19.5. The van der Waals surface area contributed by atoms with Crippen molar-refractivity contribution in [2.75, 3.05) is 52.3 Å². The molecule has 1 unspecified atom stereocenters. The Bertz CT molecular complexity index is 1710. The number of pyridine rings is 1. The zero-order chi connectivity index (χ0) is 35.8. The van der Waals surface area contributed by atoms with Crippen molar-refractivity contribution >= 4 is 23.3 Å². The van der Waals surface area contributed by atoms with E-state index in [1.54, 1.807) is 0 Å². The molecule has 2 aromatic carbocycles. The van der Waals surface area contributed by atoms with Crippen molar-refractivity contribution in [3.8, 4) is 11.5 Å². The number of nitrogens with one attached hydrogen (secondary N) is 1. The second-order valence-electron chi connectivity index (χ2n) is 16.2. The van der Waals surface area contributed by atoms with Crippen LogP contribution in [0, 0.1) is 11.8 Å². The van der Waals surface area contributed by atoms with Gasteiger partial charge in [0, 0.05) is 47.8 Å². The van der Waals surface area contributed by atoms with Gasteiger partial charge < -0.3 is 24.8 Å². The number of carboxylic acids is 1. The fourth-order valence-corrected chi connectivity index (χ4v) is 9.83. The van der Waals surface area contributed by atoms with Crippen LogP contribution in [0.4, 0.5) is 5.69 Å². The standard InChI is InChI=1S/C42H55ClN4O4/c1-28(26-51-38-13-18-44-37-10-5-7-29(2)39(37)38)21-31-22-30-11-12-35(50-27-34-25-46(3)19-20-47(34)4)24-36(30)41(31)14-16-42(17-15-41,40(48)49)45-33-9-6-8-32(43)23-33/h6,8-9,11-13,18,23-24,28-29,31,34,45H,5,7,10,14-17,19-22,25-27H2,1-4H3,(H,48,49)/t28-,29-,31+,34?,41?,42?/m1/s1. The molecule has 3 aliphatic carbocycles. The number of hydrogen-bond acceptors (Lipinski definition) is 7. The SMILES string of the molecule is C[C@@H](COc1ccnc2c1[C@H](C)CCC2)C[C@H]1Cc2ccc(OCC3CN(C)CCN3C)cc2C12CCC(Nc1cccc(Cl)c1)(C(=O)O)CC2. The monoisotopic (exact) mass is 714 g/mol. The van der Waals surface area contributed by atoms with Crippen LogP contribution in [-0.2, 0) is 23.1 Å². The normalized spacial score (nSPS) is 28.5. The Labute approximate surface area is 308 Å². The van der Waals surface area contributed by atoms with E-state index < -0.39 is 11.5 Å². The highest BCUT2D eigenvalue weighted by atomic mass is 35.5. The summed E-state index contributed by atoms with van der Waals surface area (Å²) in [6, 6.07) is 16.5. The summed E-state index contributed by atoms with van der Waals surface area (Å²) in [7, 11) is 4.37. The minimum Gasteiger partial charge on any atom is -0.493 e. The van der Waals surface area contributed by atoms with Gasteiger partial charge in [0.1, 0.15) is 23.6 Å². The third-order valence-corrected chi connectivity index (χ3v) is 12.9. The van der Waals surface area contributed by atoms with E-state index in [0.29, 0.717) is 54.9 Å². The Morgan fingerprint density at radius 3 is 2.71 bits per heavy atom. The number of ether oxygens (including phenoxy) is 2. The van der Waals surface area contributed by atoms with Crippen LogP contribution in [0.2, 0.25) is 5.02 Å². The number of aryl methyl sites for hydroxylation is 1. The molecule has 7 rings (SSSR count). The van der Waals surface area contributed by atoms with Gasteiger partial charge in [-0.05, 0) is 143 Å². The molecule has 1 saturated carbocycles. The number of aromatic nitrogens is 1. The number of halogens is 1. The van der Waals surface area contributed by atoms with Gasteiger partial charge in [0.25, 0.3) is 0 Å². The second-order valence-corrected chi connectivity index (χ2v) is 16.7. The molecule has 9 heteroatoms. The zero-order valence-electron chi connectivity index (χ0n) is 30.8. The third-order valence-electron chi connectivity index (χ3n) is 12.7. The fourth-order valence-electron chi connectivity index (χ4n) is 9.64. The van der Waals surface area contributed by atoms with E-state index in [0.717, 1.165) is 68.9 Å². The number of aliphatic carboxylic acids is 1. The highest BCUT2D eigenvalue weighted by molar-refractivity contribution is 6.30. The van der Waals surface area contributed by atoms with E-state index in [-0.39, 0.29) is 5.41 Å². The Morgan fingerprint density at radius 2 is 1.92 bits per heavy atom. The van der Waals surface area contributed by atoms with Crippen molar-refractivity contribution in [2.45, 2.75) is 94.5 Å². The quantitative estimate of drug-likeness (QED) is 0.208. The lowest BCUT2D eigenvalue weighted by atomic mass is 9.59. The first-order valence-electron chi connectivity index (χ1n) is 19.1. The molecule has 0 amide bonds. The molecule has 2 N–H and O–H groups in total. The van der Waals surface area contributed by atoms with E-state index in [1.165, 1.54) is 35.2 Å². The Kier molecular flexibility index (Phi) is 10.6. The lowest BCUT2D eigenvalue weighted by molar-refractivity contribution is -0.144. The summed E-state index contributed by atoms with van der Waals surface area (Å²) >= 11 is 6.30. The lowest BCUT2D eigenvalue weighted by Crippen LogP contribution is -2.53. The minimum atomic E-state index is -1.05. The maximum atomic E-state index is 13.0. The summed E-state index contributed by atoms with van der Waals surface area (Å²) in [6.07, 6.45) is 9.91. The van der Waals surface area contributed by atoms with Crippen molar-refractivity contribution in [1.82, 2.24) is 14.8 Å². The third kappa shape index (κ3) is 7.47. The van der Waals surface area contributed by atoms with Crippen LogP contribution in [0.25, 0.3) is 0 Å². The summed E-state index contributed by atoms with van der Waals surface area (Å²) in [5.41, 5.74) is 4.77. The number of anilines is 1. The first kappa shape index (κ1) is 36.0. The summed E-state index contributed by atoms with van der Waals surface area (Å²) in [5.74, 6) is 2.28. The second kappa shape index (κ2) is 15.0. The molecule has 51 heavy (non-hydrogen) atoms. The molecule has 1 spiro atoms. The smallest absolute Gasteiger partial charge is 0.329 e. The van der Waals surface area contributed by atoms with Crippen LogP contribution in [-0.4, -0.2) is 84.4 Å². The van der Waals surface area contributed by atoms with Gasteiger partial charge in [0.15, 0.2) is 0 Å². The van der Waals surface area contributed by atoms with E-state index >= 15 is 0 Å². The van der Waals surface area contributed by atoms with Gasteiger partial charge >= 0.3 is 5.97 Å². The van der Waals surface area contributed by atoms with Crippen LogP contribution >= 0.6 is 11.6 Å². The molecule has 8 nitrogen and oxygen atoms in total. The Morgan fingerprint density at radius 1 is 1.10 bits per heavy atom. The number of fused-ring (bicyclic) bond motifs is 3. The lowest BCUT2D eigenvalue weighted by Gasteiger charge is -2.47. The molecule has 2 fully saturated rings. The summed E-state index contributed by atoms with van der Waals surface area (Å²) < 4.78 is 13.1. The van der Waals surface area contributed by atoms with Gasteiger partial charge in [0.2, 0.25) is 0 Å². The van der Waals surface area contributed by atoms with Gasteiger partial charge in [-0.1, -0.05) is 37.6 Å². The molecule has 4 atom stereocenters. The highest BCUT2D eigenvalue weighted by Crippen LogP contribution is 2.57.